The molecule has 2 heterocycles. The summed E-state index contributed by atoms with van der Waals surface area (Å²) in [7, 11) is 1.47. The van der Waals surface area contributed by atoms with Crippen LogP contribution in [0.25, 0.3) is 6.08 Å². The molecular weight excluding hydrogens is 440 g/mol. The number of fused-ring (bicyclic) bond motifs is 1. The molecule has 0 radical (unpaired) electrons. The molecule has 0 aliphatic carbocycles. The number of rotatable bonds is 5. The van der Waals surface area contributed by atoms with E-state index in [1.165, 1.54) is 23.0 Å². The number of allylic oxidation sites excluding steroid dienone is 1. The first-order valence-corrected chi connectivity index (χ1v) is 11.3. The summed E-state index contributed by atoms with van der Waals surface area (Å²) < 4.78 is 12.4. The van der Waals surface area contributed by atoms with Crippen molar-refractivity contribution in [2.45, 2.75) is 26.8 Å². The molecule has 4 rings (SSSR count). The van der Waals surface area contributed by atoms with E-state index < -0.39 is 12.0 Å². The zero-order chi connectivity index (χ0) is 23.7. The molecule has 1 N–H and O–H groups in total. The fourth-order valence-electron chi connectivity index (χ4n) is 3.82. The number of methoxy groups -OCH3 is 1. The molecule has 0 unspecified atom stereocenters. The zero-order valence-corrected chi connectivity index (χ0v) is 19.6. The maximum Gasteiger partial charge on any atom is 0.338 e. The minimum Gasteiger partial charge on any atom is -0.504 e. The number of thiazole rings is 1. The van der Waals surface area contributed by atoms with E-state index in [4.69, 9.17) is 9.47 Å². The van der Waals surface area contributed by atoms with Crippen LogP contribution < -0.4 is 19.6 Å². The average molecular weight is 465 g/mol. The molecule has 0 bridgehead atoms. The summed E-state index contributed by atoms with van der Waals surface area (Å²) in [4.78, 5) is 31.5. The Balaban J connectivity index is 1.96. The van der Waals surface area contributed by atoms with Gasteiger partial charge in [-0.15, -0.1) is 0 Å². The van der Waals surface area contributed by atoms with Gasteiger partial charge in [-0.1, -0.05) is 53.3 Å². The van der Waals surface area contributed by atoms with Crippen LogP contribution in [0.2, 0.25) is 0 Å². The number of nitrogens with zero attached hydrogens (tertiary/aromatic N) is 2. The molecule has 3 aromatic rings. The molecule has 1 aromatic heterocycles. The van der Waals surface area contributed by atoms with E-state index in [9.17, 15) is 14.7 Å². The predicted molar refractivity (Wildman–Crippen MR) is 126 cm³/mol. The highest BCUT2D eigenvalue weighted by Gasteiger charge is 2.33. The highest BCUT2D eigenvalue weighted by molar-refractivity contribution is 7.07. The van der Waals surface area contributed by atoms with Crippen LogP contribution in [-0.2, 0) is 9.53 Å². The summed E-state index contributed by atoms with van der Waals surface area (Å²) in [6, 6.07) is 12.1. The van der Waals surface area contributed by atoms with Gasteiger partial charge in [-0.3, -0.25) is 9.36 Å². The van der Waals surface area contributed by atoms with E-state index in [0.717, 1.165) is 11.1 Å². The standard InChI is InChI=1S/C25H24N2O5S/c1-5-32-24(30)20-15(3)26-25-27(21(20)16-11-9-14(2)10-12-16)23(29)19(33-25)13-17-7-6-8-18(31-4)22(17)28/h6-13,21,28H,5H2,1-4H3/t21-/m1/s1. The Morgan fingerprint density at radius 3 is 2.61 bits per heavy atom. The van der Waals surface area contributed by atoms with E-state index in [0.29, 0.717) is 31.9 Å². The van der Waals surface area contributed by atoms with Gasteiger partial charge >= 0.3 is 5.97 Å². The molecule has 2 aromatic carbocycles. The lowest BCUT2D eigenvalue weighted by atomic mass is 9.95. The van der Waals surface area contributed by atoms with Crippen LogP contribution >= 0.6 is 11.3 Å². The average Bonchev–Trinajstić information content (AvgIpc) is 3.09. The fraction of sp³-hybridized carbons (Fsp3) is 0.240. The number of aromatic hydroxyl groups is 1. The van der Waals surface area contributed by atoms with Crippen LogP contribution in [0.15, 0.2) is 63.5 Å². The van der Waals surface area contributed by atoms with Gasteiger partial charge in [0, 0.05) is 5.56 Å². The minimum atomic E-state index is -0.665. The van der Waals surface area contributed by atoms with Crippen molar-refractivity contribution < 1.29 is 19.4 Å². The molecule has 0 saturated carbocycles. The molecule has 0 fully saturated rings. The number of aryl methyl sites for hydroxylation is 1. The second kappa shape index (κ2) is 9.07. The molecular formula is C25H24N2O5S. The molecule has 1 atom stereocenters. The predicted octanol–water partition coefficient (Wildman–Crippen LogP) is 2.82. The number of hydrogen-bond acceptors (Lipinski definition) is 7. The van der Waals surface area contributed by atoms with Crippen LogP contribution in [0, 0.1) is 6.92 Å². The molecule has 170 valence electrons. The fourth-order valence-corrected chi connectivity index (χ4v) is 4.85. The largest absolute Gasteiger partial charge is 0.504 e. The lowest BCUT2D eigenvalue weighted by molar-refractivity contribution is -0.139. The normalized spacial score (nSPS) is 15.8. The first kappa shape index (κ1) is 22.5. The van der Waals surface area contributed by atoms with Gasteiger partial charge in [-0.05, 0) is 38.5 Å². The molecule has 0 amide bonds. The maximum atomic E-state index is 13.6. The molecule has 33 heavy (non-hydrogen) atoms. The second-order valence-corrected chi connectivity index (χ2v) is 8.62. The Bertz CT molecular complexity index is 1430. The van der Waals surface area contributed by atoms with Gasteiger partial charge < -0.3 is 14.6 Å². The number of hydrogen-bond donors (Lipinski definition) is 1. The third-order valence-corrected chi connectivity index (χ3v) is 6.43. The van der Waals surface area contributed by atoms with Crippen molar-refractivity contribution in [3.05, 3.63) is 90.1 Å². The van der Waals surface area contributed by atoms with Gasteiger partial charge in [0.25, 0.3) is 5.56 Å². The van der Waals surface area contributed by atoms with Crippen molar-refractivity contribution >= 4 is 23.4 Å². The van der Waals surface area contributed by atoms with Crippen LogP contribution in [0.4, 0.5) is 0 Å². The highest BCUT2D eigenvalue weighted by Crippen LogP contribution is 2.31. The third-order valence-electron chi connectivity index (χ3n) is 5.45. The second-order valence-electron chi connectivity index (χ2n) is 7.61. The van der Waals surface area contributed by atoms with Crippen molar-refractivity contribution in [1.29, 1.82) is 0 Å². The van der Waals surface area contributed by atoms with Gasteiger partial charge in [0.1, 0.15) is 0 Å². The Morgan fingerprint density at radius 2 is 1.94 bits per heavy atom. The van der Waals surface area contributed by atoms with Gasteiger partial charge in [-0.25, -0.2) is 9.79 Å². The Hall–Kier alpha value is -3.65. The number of phenols is 1. The van der Waals surface area contributed by atoms with Gasteiger partial charge in [0.15, 0.2) is 16.3 Å². The molecule has 7 nitrogen and oxygen atoms in total. The lowest BCUT2D eigenvalue weighted by Crippen LogP contribution is -2.39. The van der Waals surface area contributed by atoms with Gasteiger partial charge in [0.05, 0.1) is 35.6 Å². The molecule has 8 heteroatoms. The third kappa shape index (κ3) is 4.09. The number of benzene rings is 2. The smallest absolute Gasteiger partial charge is 0.338 e. The number of esters is 1. The van der Waals surface area contributed by atoms with Crippen LogP contribution in [-0.4, -0.2) is 29.4 Å². The molecule has 1 aliphatic heterocycles. The van der Waals surface area contributed by atoms with Gasteiger partial charge in [0.2, 0.25) is 0 Å². The van der Waals surface area contributed by atoms with E-state index in [1.807, 2.05) is 31.2 Å². The van der Waals surface area contributed by atoms with Crippen LogP contribution in [0.1, 0.15) is 36.6 Å². The molecule has 0 saturated heterocycles. The van der Waals surface area contributed by atoms with Gasteiger partial charge in [-0.2, -0.15) is 0 Å². The summed E-state index contributed by atoms with van der Waals surface area (Å²) >= 11 is 1.20. The van der Waals surface area contributed by atoms with Crippen LogP contribution in [0.3, 0.4) is 0 Å². The number of phenolic OH excluding ortho intramolecular Hbond substituents is 1. The quantitative estimate of drug-likeness (QED) is 0.587. The Morgan fingerprint density at radius 1 is 1.21 bits per heavy atom. The summed E-state index contributed by atoms with van der Waals surface area (Å²) in [6.07, 6.45) is 1.61. The van der Waals surface area contributed by atoms with Crippen molar-refractivity contribution in [2.75, 3.05) is 13.7 Å². The first-order chi connectivity index (χ1) is 15.8. The van der Waals surface area contributed by atoms with Crippen molar-refractivity contribution in [3.63, 3.8) is 0 Å². The van der Waals surface area contributed by atoms with Crippen molar-refractivity contribution in [3.8, 4) is 11.5 Å². The maximum absolute atomic E-state index is 13.6. The number of aromatic nitrogens is 1. The lowest BCUT2D eigenvalue weighted by Gasteiger charge is -2.24. The summed E-state index contributed by atoms with van der Waals surface area (Å²) in [5.74, 6) is -0.233. The number of carbonyl (C=O) groups is 1. The Kier molecular flexibility index (Phi) is 6.20. The van der Waals surface area contributed by atoms with Crippen molar-refractivity contribution in [2.24, 2.45) is 4.99 Å². The molecule has 0 spiro atoms. The number of ether oxygens (including phenoxy) is 2. The van der Waals surface area contributed by atoms with Crippen LogP contribution in [0.5, 0.6) is 11.5 Å². The molecule has 1 aliphatic rings. The number of para-hydroxylation sites is 1. The first-order valence-electron chi connectivity index (χ1n) is 10.5. The summed E-state index contributed by atoms with van der Waals surface area (Å²) in [5, 5.41) is 10.5. The topological polar surface area (TPSA) is 90.1 Å². The monoisotopic (exact) mass is 464 g/mol. The van der Waals surface area contributed by atoms with E-state index in [2.05, 4.69) is 4.99 Å². The highest BCUT2D eigenvalue weighted by atomic mass is 32.1. The Labute approximate surface area is 194 Å². The van der Waals surface area contributed by atoms with Crippen molar-refractivity contribution in [1.82, 2.24) is 4.57 Å². The zero-order valence-electron chi connectivity index (χ0n) is 18.8. The number of carbonyl (C=O) groups excluding carboxylic acids is 1. The van der Waals surface area contributed by atoms with E-state index >= 15 is 0 Å². The van der Waals surface area contributed by atoms with E-state index in [-0.39, 0.29) is 17.9 Å². The summed E-state index contributed by atoms with van der Waals surface area (Å²) in [6.45, 7) is 5.68. The van der Waals surface area contributed by atoms with E-state index in [1.54, 1.807) is 38.1 Å². The summed E-state index contributed by atoms with van der Waals surface area (Å²) in [5.41, 5.74) is 2.85. The SMILES string of the molecule is CCOC(=O)C1=C(C)N=c2sc(=Cc3cccc(OC)c3O)c(=O)n2[C@@H]1c1ccc(C)cc1. The minimum absolute atomic E-state index is 0.0516.